The quantitative estimate of drug-likeness (QED) is 0.907. The molecule has 0 spiro atoms. The molecule has 2 aliphatic rings. The highest BCUT2D eigenvalue weighted by Crippen LogP contribution is 2.22. The van der Waals surface area contributed by atoms with E-state index in [-0.39, 0.29) is 23.8 Å². The summed E-state index contributed by atoms with van der Waals surface area (Å²) in [5, 5.41) is 9.75. The SMILES string of the molecule is O=C(CCc1ccccc1)N1CCC(C(=O)N2CCC[C@H](O)C2)CC1. The van der Waals surface area contributed by atoms with Gasteiger partial charge in [0.2, 0.25) is 11.8 Å². The summed E-state index contributed by atoms with van der Waals surface area (Å²) in [7, 11) is 0. The van der Waals surface area contributed by atoms with E-state index in [0.29, 0.717) is 26.1 Å². The summed E-state index contributed by atoms with van der Waals surface area (Å²) in [5.41, 5.74) is 1.18. The minimum absolute atomic E-state index is 0.00322. The summed E-state index contributed by atoms with van der Waals surface area (Å²) in [5.74, 6) is 0.349. The smallest absolute Gasteiger partial charge is 0.225 e. The molecule has 3 rings (SSSR count). The number of aliphatic hydroxyl groups excluding tert-OH is 1. The molecule has 0 unspecified atom stereocenters. The van der Waals surface area contributed by atoms with Crippen LogP contribution >= 0.6 is 0 Å². The minimum Gasteiger partial charge on any atom is -0.391 e. The van der Waals surface area contributed by atoms with E-state index in [1.165, 1.54) is 5.56 Å². The summed E-state index contributed by atoms with van der Waals surface area (Å²) in [4.78, 5) is 28.7. The highest BCUT2D eigenvalue weighted by atomic mass is 16.3. The Balaban J connectivity index is 1.43. The third kappa shape index (κ3) is 4.82. The number of hydrogen-bond acceptors (Lipinski definition) is 3. The van der Waals surface area contributed by atoms with E-state index >= 15 is 0 Å². The summed E-state index contributed by atoms with van der Waals surface area (Å²) < 4.78 is 0. The first kappa shape index (κ1) is 17.9. The Labute approximate surface area is 149 Å². The Morgan fingerprint density at radius 2 is 1.72 bits per heavy atom. The molecule has 136 valence electrons. The van der Waals surface area contributed by atoms with Crippen LogP contribution in [-0.4, -0.2) is 59.0 Å². The number of likely N-dealkylation sites (tertiary alicyclic amines) is 2. The molecular weight excluding hydrogens is 316 g/mol. The molecule has 5 nitrogen and oxygen atoms in total. The van der Waals surface area contributed by atoms with Crippen molar-refractivity contribution in [3.63, 3.8) is 0 Å². The molecule has 1 aromatic carbocycles. The van der Waals surface area contributed by atoms with Crippen LogP contribution < -0.4 is 0 Å². The van der Waals surface area contributed by atoms with Gasteiger partial charge in [0.25, 0.3) is 0 Å². The maximum absolute atomic E-state index is 12.6. The van der Waals surface area contributed by atoms with Crippen LogP contribution in [0.1, 0.15) is 37.7 Å². The van der Waals surface area contributed by atoms with E-state index in [9.17, 15) is 14.7 Å². The number of aliphatic hydroxyl groups is 1. The van der Waals surface area contributed by atoms with E-state index in [2.05, 4.69) is 0 Å². The lowest BCUT2D eigenvalue weighted by atomic mass is 9.93. The highest BCUT2D eigenvalue weighted by Gasteiger charge is 2.31. The Hall–Kier alpha value is -1.88. The van der Waals surface area contributed by atoms with Crippen molar-refractivity contribution >= 4 is 11.8 Å². The maximum Gasteiger partial charge on any atom is 0.225 e. The average Bonchev–Trinajstić information content (AvgIpc) is 2.66. The molecule has 0 aromatic heterocycles. The van der Waals surface area contributed by atoms with Crippen molar-refractivity contribution < 1.29 is 14.7 Å². The molecule has 2 saturated heterocycles. The van der Waals surface area contributed by atoms with Gasteiger partial charge in [-0.3, -0.25) is 9.59 Å². The van der Waals surface area contributed by atoms with Crippen LogP contribution in [0.3, 0.4) is 0 Å². The molecule has 2 aliphatic heterocycles. The second-order valence-corrected chi connectivity index (χ2v) is 7.22. The molecule has 5 heteroatoms. The molecule has 0 radical (unpaired) electrons. The summed E-state index contributed by atoms with van der Waals surface area (Å²) in [6.07, 6.45) is 4.07. The number of carbonyl (C=O) groups excluding carboxylic acids is 2. The first-order chi connectivity index (χ1) is 12.1. The van der Waals surface area contributed by atoms with Gasteiger partial charge in [-0.05, 0) is 37.7 Å². The third-order valence-electron chi connectivity index (χ3n) is 5.38. The summed E-state index contributed by atoms with van der Waals surface area (Å²) in [6, 6.07) is 10.1. The normalized spacial score (nSPS) is 22.0. The molecular formula is C20H28N2O3. The Bertz CT molecular complexity index is 582. The largest absolute Gasteiger partial charge is 0.391 e. The standard InChI is InChI=1S/C20H28N2O3/c23-18-7-4-12-22(15-18)20(25)17-10-13-21(14-11-17)19(24)9-8-16-5-2-1-3-6-16/h1-3,5-6,17-18,23H,4,7-15H2/t18-/m0/s1. The molecule has 2 fully saturated rings. The molecule has 0 aliphatic carbocycles. The topological polar surface area (TPSA) is 60.9 Å². The van der Waals surface area contributed by atoms with Crippen molar-refractivity contribution in [3.05, 3.63) is 35.9 Å². The van der Waals surface area contributed by atoms with Crippen molar-refractivity contribution in [2.45, 2.75) is 44.6 Å². The van der Waals surface area contributed by atoms with Crippen molar-refractivity contribution in [1.82, 2.24) is 9.80 Å². The molecule has 0 bridgehead atoms. The molecule has 1 atom stereocenters. The van der Waals surface area contributed by atoms with E-state index in [0.717, 1.165) is 38.6 Å². The number of nitrogens with zero attached hydrogens (tertiary/aromatic N) is 2. The maximum atomic E-state index is 12.6. The van der Waals surface area contributed by atoms with Gasteiger partial charge in [0.05, 0.1) is 6.10 Å². The predicted molar refractivity (Wildman–Crippen MR) is 95.9 cm³/mol. The first-order valence-electron chi connectivity index (χ1n) is 9.42. The van der Waals surface area contributed by atoms with Crippen LogP contribution in [0.25, 0.3) is 0 Å². The van der Waals surface area contributed by atoms with E-state index < -0.39 is 0 Å². The van der Waals surface area contributed by atoms with Gasteiger partial charge in [-0.15, -0.1) is 0 Å². The first-order valence-corrected chi connectivity index (χ1v) is 9.42. The van der Waals surface area contributed by atoms with Gasteiger partial charge in [0.15, 0.2) is 0 Å². The lowest BCUT2D eigenvalue weighted by Crippen LogP contribution is -2.48. The van der Waals surface area contributed by atoms with Gasteiger partial charge in [-0.1, -0.05) is 30.3 Å². The average molecular weight is 344 g/mol. The van der Waals surface area contributed by atoms with Gasteiger partial charge >= 0.3 is 0 Å². The number of carbonyl (C=O) groups is 2. The van der Waals surface area contributed by atoms with Crippen molar-refractivity contribution in [1.29, 1.82) is 0 Å². The zero-order valence-electron chi connectivity index (χ0n) is 14.8. The monoisotopic (exact) mass is 344 g/mol. The zero-order valence-corrected chi connectivity index (χ0v) is 14.8. The van der Waals surface area contributed by atoms with Gasteiger partial charge in [-0.25, -0.2) is 0 Å². The predicted octanol–water partition coefficient (Wildman–Crippen LogP) is 1.84. The zero-order chi connectivity index (χ0) is 17.6. The molecule has 1 N–H and O–H groups in total. The van der Waals surface area contributed by atoms with Crippen LogP contribution in [0.5, 0.6) is 0 Å². The van der Waals surface area contributed by atoms with Crippen LogP contribution in [0.15, 0.2) is 30.3 Å². The minimum atomic E-state index is -0.377. The van der Waals surface area contributed by atoms with Crippen LogP contribution in [0, 0.1) is 5.92 Å². The van der Waals surface area contributed by atoms with Crippen LogP contribution in [-0.2, 0) is 16.0 Å². The fourth-order valence-corrected chi connectivity index (χ4v) is 3.84. The van der Waals surface area contributed by atoms with E-state index in [1.807, 2.05) is 40.1 Å². The van der Waals surface area contributed by atoms with Gasteiger partial charge in [0.1, 0.15) is 0 Å². The number of β-amino-alcohol motifs (C(OH)–C–C–N with tert-alkyl or cyclic N) is 1. The lowest BCUT2D eigenvalue weighted by molar-refractivity contribution is -0.143. The Kier molecular flexibility index (Phi) is 6.08. The molecule has 25 heavy (non-hydrogen) atoms. The molecule has 0 saturated carbocycles. The Morgan fingerprint density at radius 3 is 2.40 bits per heavy atom. The van der Waals surface area contributed by atoms with E-state index in [4.69, 9.17) is 0 Å². The Morgan fingerprint density at radius 1 is 1.00 bits per heavy atom. The number of rotatable bonds is 4. The highest BCUT2D eigenvalue weighted by molar-refractivity contribution is 5.80. The van der Waals surface area contributed by atoms with E-state index in [1.54, 1.807) is 0 Å². The number of piperidine rings is 2. The fraction of sp³-hybridized carbons (Fsp3) is 0.600. The number of aryl methyl sites for hydroxylation is 1. The van der Waals surface area contributed by atoms with Crippen molar-refractivity contribution in [2.24, 2.45) is 5.92 Å². The summed E-state index contributed by atoms with van der Waals surface area (Å²) in [6.45, 7) is 2.56. The fourth-order valence-electron chi connectivity index (χ4n) is 3.84. The summed E-state index contributed by atoms with van der Waals surface area (Å²) >= 11 is 0. The lowest BCUT2D eigenvalue weighted by Gasteiger charge is -2.36. The van der Waals surface area contributed by atoms with Gasteiger partial charge < -0.3 is 14.9 Å². The number of benzene rings is 1. The molecule has 1 aromatic rings. The second kappa shape index (κ2) is 8.48. The second-order valence-electron chi connectivity index (χ2n) is 7.22. The van der Waals surface area contributed by atoms with Crippen molar-refractivity contribution in [3.8, 4) is 0 Å². The third-order valence-corrected chi connectivity index (χ3v) is 5.38. The molecule has 2 heterocycles. The van der Waals surface area contributed by atoms with Crippen LogP contribution in [0.4, 0.5) is 0 Å². The number of amides is 2. The molecule has 2 amide bonds. The van der Waals surface area contributed by atoms with Crippen molar-refractivity contribution in [2.75, 3.05) is 26.2 Å². The number of hydrogen-bond donors (Lipinski definition) is 1. The van der Waals surface area contributed by atoms with Gasteiger partial charge in [-0.2, -0.15) is 0 Å². The van der Waals surface area contributed by atoms with Crippen LogP contribution in [0.2, 0.25) is 0 Å². The van der Waals surface area contributed by atoms with Gasteiger partial charge in [0, 0.05) is 38.5 Å².